The average Bonchev–Trinajstić information content (AvgIpc) is 3.05. The first-order chi connectivity index (χ1) is 11.6. The van der Waals surface area contributed by atoms with E-state index in [2.05, 4.69) is 9.72 Å². The number of carbonyl (C=O) groups excluding carboxylic acids is 1. The van der Waals surface area contributed by atoms with Crippen molar-refractivity contribution in [3.05, 3.63) is 75.4 Å². The van der Waals surface area contributed by atoms with Gasteiger partial charge in [-0.25, -0.2) is 14.2 Å². The predicted octanol–water partition coefficient (Wildman–Crippen LogP) is 4.64. The van der Waals surface area contributed by atoms with Crippen LogP contribution < -0.4 is 0 Å². The summed E-state index contributed by atoms with van der Waals surface area (Å²) in [7, 11) is 1.36. The molecule has 1 aromatic heterocycles. The molecule has 0 fully saturated rings. The molecule has 0 spiro atoms. The highest BCUT2D eigenvalue weighted by Gasteiger charge is 2.11. The van der Waals surface area contributed by atoms with Gasteiger partial charge in [-0.05, 0) is 36.8 Å². The van der Waals surface area contributed by atoms with Crippen molar-refractivity contribution in [3.63, 3.8) is 0 Å². The number of benzene rings is 2. The van der Waals surface area contributed by atoms with E-state index < -0.39 is 0 Å². The third-order valence-electron chi connectivity index (χ3n) is 3.68. The summed E-state index contributed by atoms with van der Waals surface area (Å²) in [4.78, 5) is 16.0. The Morgan fingerprint density at radius 2 is 1.96 bits per heavy atom. The molecule has 0 unspecified atom stereocenters. The Bertz CT molecular complexity index is 871. The Kier molecular flexibility index (Phi) is 4.71. The van der Waals surface area contributed by atoms with Crippen molar-refractivity contribution in [2.24, 2.45) is 0 Å². The van der Waals surface area contributed by atoms with Crippen molar-refractivity contribution in [1.29, 1.82) is 0 Å². The highest BCUT2D eigenvalue weighted by Crippen LogP contribution is 2.26. The maximum Gasteiger partial charge on any atom is 0.337 e. The van der Waals surface area contributed by atoms with Gasteiger partial charge in [-0.1, -0.05) is 23.8 Å². The predicted molar refractivity (Wildman–Crippen MR) is 92.8 cm³/mol. The normalized spacial score (nSPS) is 10.6. The number of ether oxygens (including phenoxy) is 1. The van der Waals surface area contributed by atoms with E-state index in [9.17, 15) is 9.18 Å². The summed E-state index contributed by atoms with van der Waals surface area (Å²) in [5.41, 5.74) is 3.73. The molecule has 3 rings (SSSR count). The van der Waals surface area contributed by atoms with Crippen LogP contribution in [0.2, 0.25) is 0 Å². The molecule has 5 heteroatoms. The second-order valence-electron chi connectivity index (χ2n) is 5.48. The standard InChI is InChI=1S/C19H16FNO2S/c1-12-3-8-16(20)15(9-12)17-11-24-18(21-17)10-13-4-6-14(7-5-13)19(22)23-2/h3-9,11H,10H2,1-2H3. The summed E-state index contributed by atoms with van der Waals surface area (Å²) >= 11 is 1.50. The molecule has 24 heavy (non-hydrogen) atoms. The quantitative estimate of drug-likeness (QED) is 0.649. The number of aromatic nitrogens is 1. The fraction of sp³-hybridized carbons (Fsp3) is 0.158. The van der Waals surface area contributed by atoms with E-state index in [1.165, 1.54) is 24.5 Å². The number of aryl methyl sites for hydroxylation is 1. The number of carbonyl (C=O) groups is 1. The molecule has 0 N–H and O–H groups in total. The molecule has 0 saturated carbocycles. The summed E-state index contributed by atoms with van der Waals surface area (Å²) in [6.45, 7) is 1.93. The average molecular weight is 341 g/mol. The first-order valence-electron chi connectivity index (χ1n) is 7.45. The molecule has 0 radical (unpaired) electrons. The molecule has 0 amide bonds. The molecular weight excluding hydrogens is 325 g/mol. The van der Waals surface area contributed by atoms with Crippen molar-refractivity contribution in [2.75, 3.05) is 7.11 Å². The van der Waals surface area contributed by atoms with Gasteiger partial charge in [-0.15, -0.1) is 11.3 Å². The second-order valence-corrected chi connectivity index (χ2v) is 6.42. The Morgan fingerprint density at radius 3 is 2.67 bits per heavy atom. The van der Waals surface area contributed by atoms with E-state index in [0.29, 0.717) is 23.2 Å². The highest BCUT2D eigenvalue weighted by atomic mass is 32.1. The van der Waals surface area contributed by atoms with Gasteiger partial charge in [0, 0.05) is 17.4 Å². The van der Waals surface area contributed by atoms with E-state index in [1.807, 2.05) is 24.4 Å². The zero-order valence-corrected chi connectivity index (χ0v) is 14.2. The van der Waals surface area contributed by atoms with Crippen LogP contribution in [0.4, 0.5) is 4.39 Å². The van der Waals surface area contributed by atoms with Crippen molar-refractivity contribution in [2.45, 2.75) is 13.3 Å². The Labute approximate surface area is 143 Å². The zero-order valence-electron chi connectivity index (χ0n) is 13.4. The zero-order chi connectivity index (χ0) is 17.1. The van der Waals surface area contributed by atoms with Crippen LogP contribution >= 0.6 is 11.3 Å². The minimum Gasteiger partial charge on any atom is -0.465 e. The van der Waals surface area contributed by atoms with Crippen molar-refractivity contribution in [1.82, 2.24) is 4.98 Å². The Morgan fingerprint density at radius 1 is 1.21 bits per heavy atom. The first kappa shape index (κ1) is 16.3. The fourth-order valence-corrected chi connectivity index (χ4v) is 3.23. The van der Waals surface area contributed by atoms with Gasteiger partial charge in [0.05, 0.1) is 23.4 Å². The molecule has 0 bridgehead atoms. The number of hydrogen-bond acceptors (Lipinski definition) is 4. The number of methoxy groups -OCH3 is 1. The van der Waals surface area contributed by atoms with Crippen LogP contribution in [0, 0.1) is 12.7 Å². The van der Waals surface area contributed by atoms with Crippen LogP contribution in [-0.4, -0.2) is 18.1 Å². The Hall–Kier alpha value is -2.53. The van der Waals surface area contributed by atoms with E-state index in [4.69, 9.17) is 0 Å². The van der Waals surface area contributed by atoms with E-state index in [-0.39, 0.29) is 11.8 Å². The molecule has 122 valence electrons. The third-order valence-corrected chi connectivity index (χ3v) is 4.53. The van der Waals surface area contributed by atoms with Gasteiger partial charge in [0.25, 0.3) is 0 Å². The number of esters is 1. The lowest BCUT2D eigenvalue weighted by Crippen LogP contribution is -2.00. The molecular formula is C19H16FNO2S. The summed E-state index contributed by atoms with van der Waals surface area (Å²) in [6, 6.07) is 12.2. The summed E-state index contributed by atoms with van der Waals surface area (Å²) in [6.07, 6.45) is 0.638. The molecule has 3 nitrogen and oxygen atoms in total. The van der Waals surface area contributed by atoms with Crippen LogP contribution in [-0.2, 0) is 11.2 Å². The third kappa shape index (κ3) is 3.51. The molecule has 2 aromatic carbocycles. The molecule has 0 atom stereocenters. The lowest BCUT2D eigenvalue weighted by Gasteiger charge is -2.02. The van der Waals surface area contributed by atoms with E-state index in [1.54, 1.807) is 24.3 Å². The van der Waals surface area contributed by atoms with E-state index >= 15 is 0 Å². The lowest BCUT2D eigenvalue weighted by atomic mass is 10.1. The fourth-order valence-electron chi connectivity index (χ4n) is 2.40. The van der Waals surface area contributed by atoms with Gasteiger partial charge in [-0.2, -0.15) is 0 Å². The van der Waals surface area contributed by atoms with Gasteiger partial charge in [-0.3, -0.25) is 0 Å². The smallest absolute Gasteiger partial charge is 0.337 e. The van der Waals surface area contributed by atoms with Crippen molar-refractivity contribution < 1.29 is 13.9 Å². The van der Waals surface area contributed by atoms with Gasteiger partial charge < -0.3 is 4.74 Å². The minimum atomic E-state index is -0.354. The molecule has 0 aliphatic carbocycles. The van der Waals surface area contributed by atoms with Gasteiger partial charge in [0.2, 0.25) is 0 Å². The van der Waals surface area contributed by atoms with Gasteiger partial charge >= 0.3 is 5.97 Å². The maximum atomic E-state index is 14.0. The SMILES string of the molecule is COC(=O)c1ccc(Cc2nc(-c3cc(C)ccc3F)cs2)cc1. The van der Waals surface area contributed by atoms with Crippen LogP contribution in [0.25, 0.3) is 11.3 Å². The number of thiazole rings is 1. The molecule has 1 heterocycles. The Balaban J connectivity index is 1.79. The van der Waals surface area contributed by atoms with Crippen LogP contribution in [0.1, 0.15) is 26.5 Å². The summed E-state index contributed by atoms with van der Waals surface area (Å²) in [5.74, 6) is -0.618. The van der Waals surface area contributed by atoms with Crippen LogP contribution in [0.3, 0.4) is 0 Å². The molecule has 0 aliphatic heterocycles. The van der Waals surface area contributed by atoms with E-state index in [0.717, 1.165) is 16.1 Å². The van der Waals surface area contributed by atoms with Gasteiger partial charge in [0.1, 0.15) is 5.82 Å². The summed E-state index contributed by atoms with van der Waals surface area (Å²) in [5, 5.41) is 2.77. The molecule has 0 saturated heterocycles. The monoisotopic (exact) mass is 341 g/mol. The largest absolute Gasteiger partial charge is 0.465 e. The van der Waals surface area contributed by atoms with Crippen LogP contribution in [0.15, 0.2) is 47.8 Å². The number of nitrogens with zero attached hydrogens (tertiary/aromatic N) is 1. The highest BCUT2D eigenvalue weighted by molar-refractivity contribution is 7.10. The number of hydrogen-bond donors (Lipinski definition) is 0. The minimum absolute atomic E-state index is 0.264. The maximum absolute atomic E-state index is 14.0. The van der Waals surface area contributed by atoms with Crippen LogP contribution in [0.5, 0.6) is 0 Å². The molecule has 0 aliphatic rings. The lowest BCUT2D eigenvalue weighted by molar-refractivity contribution is 0.0600. The topological polar surface area (TPSA) is 39.2 Å². The van der Waals surface area contributed by atoms with Crippen molar-refractivity contribution in [3.8, 4) is 11.3 Å². The van der Waals surface area contributed by atoms with Gasteiger partial charge in [0.15, 0.2) is 0 Å². The summed E-state index contributed by atoms with van der Waals surface area (Å²) < 4.78 is 18.6. The first-order valence-corrected chi connectivity index (χ1v) is 8.33. The number of halogens is 1. The molecule has 3 aromatic rings. The second kappa shape index (κ2) is 6.93. The number of rotatable bonds is 4. The van der Waals surface area contributed by atoms with Crippen molar-refractivity contribution >= 4 is 17.3 Å².